The van der Waals surface area contributed by atoms with Crippen LogP contribution in [0.1, 0.15) is 24.1 Å². The van der Waals surface area contributed by atoms with Crippen LogP contribution in [-0.4, -0.2) is 60.1 Å². The summed E-state index contributed by atoms with van der Waals surface area (Å²) in [6.07, 6.45) is 4.94. The number of likely N-dealkylation sites (tertiary alicyclic amines) is 1. The summed E-state index contributed by atoms with van der Waals surface area (Å²) >= 11 is 1.72. The Kier molecular flexibility index (Phi) is 5.22. The second-order valence-electron chi connectivity index (χ2n) is 5.88. The number of aromatic nitrogens is 1. The van der Waals surface area contributed by atoms with Gasteiger partial charge in [0.15, 0.2) is 0 Å². The topological polar surface area (TPSA) is 45.7 Å². The van der Waals surface area contributed by atoms with Gasteiger partial charge in [-0.15, -0.1) is 11.3 Å². The van der Waals surface area contributed by atoms with E-state index in [9.17, 15) is 4.79 Å². The predicted molar refractivity (Wildman–Crippen MR) is 82.1 cm³/mol. The van der Waals surface area contributed by atoms with E-state index in [0.717, 1.165) is 45.6 Å². The fraction of sp³-hybridized carbons (Fsp3) is 0.733. The third-order valence-electron chi connectivity index (χ3n) is 4.40. The van der Waals surface area contributed by atoms with Crippen LogP contribution in [-0.2, 0) is 16.1 Å². The van der Waals surface area contributed by atoms with Crippen LogP contribution in [0.4, 0.5) is 0 Å². The molecule has 0 atom stereocenters. The molecule has 3 rings (SSSR count). The molecule has 2 saturated heterocycles. The molecule has 2 fully saturated rings. The second-order valence-corrected chi connectivity index (χ2v) is 6.86. The van der Waals surface area contributed by atoms with Gasteiger partial charge in [-0.3, -0.25) is 14.7 Å². The van der Waals surface area contributed by atoms with E-state index in [1.807, 2.05) is 16.6 Å². The van der Waals surface area contributed by atoms with Crippen molar-refractivity contribution >= 4 is 17.2 Å². The lowest BCUT2D eigenvalue weighted by Crippen LogP contribution is -2.42. The van der Waals surface area contributed by atoms with Crippen molar-refractivity contribution in [3.63, 3.8) is 0 Å². The van der Waals surface area contributed by atoms with Gasteiger partial charge in [-0.2, -0.15) is 0 Å². The summed E-state index contributed by atoms with van der Waals surface area (Å²) in [6.45, 7) is 6.12. The van der Waals surface area contributed by atoms with Crippen molar-refractivity contribution in [2.45, 2.75) is 25.8 Å². The lowest BCUT2D eigenvalue weighted by molar-refractivity contribution is -0.136. The van der Waals surface area contributed by atoms with Crippen molar-refractivity contribution in [3.8, 4) is 0 Å². The Bertz CT molecular complexity index is 438. The molecule has 0 unspecified atom stereocenters. The van der Waals surface area contributed by atoms with E-state index in [-0.39, 0.29) is 0 Å². The number of rotatable bonds is 4. The van der Waals surface area contributed by atoms with Gasteiger partial charge in [0.2, 0.25) is 5.91 Å². The Hall–Kier alpha value is -0.980. The van der Waals surface area contributed by atoms with Crippen molar-refractivity contribution in [1.82, 2.24) is 14.8 Å². The minimum Gasteiger partial charge on any atom is -0.378 e. The summed E-state index contributed by atoms with van der Waals surface area (Å²) in [4.78, 5) is 22.2. The number of carbonyl (C=O) groups excluding carboxylic acids is 1. The van der Waals surface area contributed by atoms with Gasteiger partial charge in [0, 0.05) is 37.1 Å². The van der Waals surface area contributed by atoms with Crippen molar-refractivity contribution in [3.05, 3.63) is 16.6 Å². The van der Waals surface area contributed by atoms with E-state index < -0.39 is 0 Å². The lowest BCUT2D eigenvalue weighted by atomic mass is 9.93. The van der Waals surface area contributed by atoms with Gasteiger partial charge in [-0.25, -0.2) is 0 Å². The maximum atomic E-state index is 12.3. The van der Waals surface area contributed by atoms with Gasteiger partial charge >= 0.3 is 0 Å². The molecule has 0 aliphatic carbocycles. The highest BCUT2D eigenvalue weighted by Crippen LogP contribution is 2.23. The number of thiazole rings is 1. The van der Waals surface area contributed by atoms with Gasteiger partial charge in [0.25, 0.3) is 0 Å². The molecule has 1 aromatic rings. The molecule has 2 aliphatic rings. The highest BCUT2D eigenvalue weighted by molar-refractivity contribution is 7.09. The highest BCUT2D eigenvalue weighted by Gasteiger charge is 2.24. The van der Waals surface area contributed by atoms with Gasteiger partial charge in [-0.05, 0) is 31.8 Å². The second kappa shape index (κ2) is 7.33. The van der Waals surface area contributed by atoms with Gasteiger partial charge in [0.05, 0.1) is 18.7 Å². The number of amides is 1. The number of hydrogen-bond acceptors (Lipinski definition) is 5. The number of ether oxygens (including phenoxy) is 1. The summed E-state index contributed by atoms with van der Waals surface area (Å²) in [7, 11) is 0. The fourth-order valence-corrected chi connectivity index (χ4v) is 3.71. The van der Waals surface area contributed by atoms with Gasteiger partial charge in [-0.1, -0.05) is 0 Å². The molecular weight excluding hydrogens is 286 g/mol. The van der Waals surface area contributed by atoms with E-state index in [1.165, 1.54) is 4.88 Å². The number of piperidine rings is 1. The molecule has 0 saturated carbocycles. The molecular formula is C15H23N3O2S. The minimum atomic E-state index is 0.319. The molecule has 0 bridgehead atoms. The summed E-state index contributed by atoms with van der Waals surface area (Å²) < 4.78 is 5.30. The molecule has 6 heteroatoms. The fourth-order valence-electron chi connectivity index (χ4n) is 3.08. The van der Waals surface area contributed by atoms with Crippen LogP contribution in [0.3, 0.4) is 0 Å². The molecule has 0 spiro atoms. The first-order chi connectivity index (χ1) is 10.3. The molecule has 116 valence electrons. The quantitative estimate of drug-likeness (QED) is 0.847. The molecule has 0 N–H and O–H groups in total. The average Bonchev–Trinajstić information content (AvgIpc) is 3.03. The van der Waals surface area contributed by atoms with E-state index in [0.29, 0.717) is 31.5 Å². The molecule has 1 amide bonds. The maximum Gasteiger partial charge on any atom is 0.223 e. The highest BCUT2D eigenvalue weighted by atomic mass is 32.1. The molecule has 0 radical (unpaired) electrons. The standard InChI is InChI=1S/C15H23N3O2S/c19-15(18-5-7-20-8-6-18)9-13-1-3-17(4-2-13)11-14-10-16-12-21-14/h10,12-13H,1-9,11H2. The zero-order valence-corrected chi connectivity index (χ0v) is 13.2. The van der Waals surface area contributed by atoms with Crippen LogP contribution in [0.25, 0.3) is 0 Å². The number of morpholine rings is 1. The maximum absolute atomic E-state index is 12.3. The first-order valence-electron chi connectivity index (χ1n) is 7.76. The van der Waals surface area contributed by atoms with Gasteiger partial charge in [0.1, 0.15) is 0 Å². The smallest absolute Gasteiger partial charge is 0.223 e. The normalized spacial score (nSPS) is 21.6. The van der Waals surface area contributed by atoms with Crippen LogP contribution in [0, 0.1) is 5.92 Å². The Labute approximate surface area is 129 Å². The molecule has 21 heavy (non-hydrogen) atoms. The van der Waals surface area contributed by atoms with E-state index in [4.69, 9.17) is 4.74 Å². The number of carbonyl (C=O) groups is 1. The Morgan fingerprint density at radius 1 is 1.29 bits per heavy atom. The summed E-state index contributed by atoms with van der Waals surface area (Å²) in [5, 5.41) is 0. The van der Waals surface area contributed by atoms with Crippen molar-refractivity contribution < 1.29 is 9.53 Å². The zero-order chi connectivity index (χ0) is 14.5. The lowest BCUT2D eigenvalue weighted by Gasteiger charge is -2.33. The van der Waals surface area contributed by atoms with Crippen LogP contribution < -0.4 is 0 Å². The summed E-state index contributed by atoms with van der Waals surface area (Å²) in [5.74, 6) is 0.872. The van der Waals surface area contributed by atoms with Crippen molar-refractivity contribution in [2.75, 3.05) is 39.4 Å². The molecule has 2 aliphatic heterocycles. The number of hydrogen-bond donors (Lipinski definition) is 0. The third-order valence-corrected chi connectivity index (χ3v) is 5.16. The SMILES string of the molecule is O=C(CC1CCN(Cc2cncs2)CC1)N1CCOCC1. The Morgan fingerprint density at radius 3 is 2.71 bits per heavy atom. The van der Waals surface area contributed by atoms with E-state index in [2.05, 4.69) is 9.88 Å². The largest absolute Gasteiger partial charge is 0.378 e. The predicted octanol–water partition coefficient (Wildman–Crippen LogP) is 1.60. The third kappa shape index (κ3) is 4.25. The minimum absolute atomic E-state index is 0.319. The average molecular weight is 309 g/mol. The van der Waals surface area contributed by atoms with Gasteiger partial charge < -0.3 is 9.64 Å². The number of nitrogens with zero attached hydrogens (tertiary/aromatic N) is 3. The first-order valence-corrected chi connectivity index (χ1v) is 8.64. The summed E-state index contributed by atoms with van der Waals surface area (Å²) in [5.41, 5.74) is 1.89. The van der Waals surface area contributed by atoms with Crippen LogP contribution in [0.15, 0.2) is 11.7 Å². The molecule has 0 aromatic carbocycles. The van der Waals surface area contributed by atoms with Crippen molar-refractivity contribution in [2.24, 2.45) is 5.92 Å². The first kappa shape index (κ1) is 14.9. The Morgan fingerprint density at radius 2 is 2.05 bits per heavy atom. The molecule has 3 heterocycles. The van der Waals surface area contributed by atoms with Crippen LogP contribution in [0.5, 0.6) is 0 Å². The van der Waals surface area contributed by atoms with Crippen LogP contribution in [0.2, 0.25) is 0 Å². The van der Waals surface area contributed by atoms with Crippen LogP contribution >= 0.6 is 11.3 Å². The summed E-state index contributed by atoms with van der Waals surface area (Å²) in [6, 6.07) is 0. The van der Waals surface area contributed by atoms with E-state index in [1.54, 1.807) is 11.3 Å². The molecule has 5 nitrogen and oxygen atoms in total. The Balaban J connectivity index is 1.40. The van der Waals surface area contributed by atoms with E-state index >= 15 is 0 Å². The molecule has 1 aromatic heterocycles. The van der Waals surface area contributed by atoms with Crippen molar-refractivity contribution in [1.29, 1.82) is 0 Å². The zero-order valence-electron chi connectivity index (χ0n) is 12.4. The monoisotopic (exact) mass is 309 g/mol.